The van der Waals surface area contributed by atoms with Crippen molar-refractivity contribution < 1.29 is 4.79 Å². The molecule has 0 fully saturated rings. The first-order valence-electron chi connectivity index (χ1n) is 9.23. The number of likely N-dealkylation sites (N-methyl/N-ethyl adjacent to an activating group) is 1. The maximum absolute atomic E-state index is 13.9. The van der Waals surface area contributed by atoms with Crippen molar-refractivity contribution >= 4 is 11.6 Å². The molecule has 0 spiro atoms. The zero-order valence-electron chi connectivity index (χ0n) is 15.7. The lowest BCUT2D eigenvalue weighted by molar-refractivity contribution is -0.122. The van der Waals surface area contributed by atoms with E-state index >= 15 is 0 Å². The third kappa shape index (κ3) is 2.37. The molecule has 4 rings (SSSR count). The van der Waals surface area contributed by atoms with Crippen LogP contribution in [0.25, 0.3) is 0 Å². The average Bonchev–Trinajstić information content (AvgIpc) is 2.93. The molecule has 0 N–H and O–H groups in total. The van der Waals surface area contributed by atoms with E-state index in [9.17, 15) is 4.79 Å². The standard InChI is InChI=1S/C25H23NO/c1-4-20(19-13-6-5-7-14-19)25(21-15-9-8-12-18(21)2)22-16-10-11-17-23(22)26(3)24(25)27/h4-17,20H,1H2,2-3H3/t20-,25+/m0/s1. The van der Waals surface area contributed by atoms with Gasteiger partial charge < -0.3 is 4.90 Å². The van der Waals surface area contributed by atoms with Gasteiger partial charge in [0, 0.05) is 18.7 Å². The highest BCUT2D eigenvalue weighted by Gasteiger charge is 2.55. The number of fused-ring (bicyclic) bond motifs is 1. The van der Waals surface area contributed by atoms with Gasteiger partial charge in [0.15, 0.2) is 0 Å². The molecule has 0 bridgehead atoms. The van der Waals surface area contributed by atoms with Crippen LogP contribution in [0.1, 0.15) is 28.2 Å². The largest absolute Gasteiger partial charge is 0.314 e. The fourth-order valence-electron chi connectivity index (χ4n) is 4.56. The Hall–Kier alpha value is -3.13. The van der Waals surface area contributed by atoms with Crippen LogP contribution in [0.2, 0.25) is 0 Å². The maximum Gasteiger partial charge on any atom is 0.242 e. The minimum absolute atomic E-state index is 0.0896. The van der Waals surface area contributed by atoms with Gasteiger partial charge in [-0.3, -0.25) is 4.79 Å². The van der Waals surface area contributed by atoms with Crippen molar-refractivity contribution in [2.75, 3.05) is 11.9 Å². The molecule has 3 aromatic carbocycles. The first-order valence-corrected chi connectivity index (χ1v) is 9.23. The molecule has 1 heterocycles. The van der Waals surface area contributed by atoms with Crippen molar-refractivity contribution in [1.29, 1.82) is 0 Å². The summed E-state index contributed by atoms with van der Waals surface area (Å²) >= 11 is 0. The number of amides is 1. The molecule has 0 aromatic heterocycles. The van der Waals surface area contributed by atoms with E-state index < -0.39 is 5.41 Å². The van der Waals surface area contributed by atoms with Gasteiger partial charge in [-0.25, -0.2) is 0 Å². The molecule has 1 amide bonds. The lowest BCUT2D eigenvalue weighted by atomic mass is 9.63. The topological polar surface area (TPSA) is 20.3 Å². The second-order valence-corrected chi connectivity index (χ2v) is 7.13. The van der Waals surface area contributed by atoms with E-state index in [0.717, 1.165) is 27.9 Å². The predicted octanol–water partition coefficient (Wildman–Crippen LogP) is 5.23. The highest BCUT2D eigenvalue weighted by molar-refractivity contribution is 6.11. The Morgan fingerprint density at radius 1 is 0.889 bits per heavy atom. The van der Waals surface area contributed by atoms with E-state index in [4.69, 9.17) is 0 Å². The van der Waals surface area contributed by atoms with Gasteiger partial charge in [-0.2, -0.15) is 0 Å². The molecule has 0 saturated carbocycles. The minimum Gasteiger partial charge on any atom is -0.314 e. The Bertz CT molecular complexity index is 1010. The van der Waals surface area contributed by atoms with Gasteiger partial charge in [0.25, 0.3) is 0 Å². The highest BCUT2D eigenvalue weighted by Crippen LogP contribution is 2.54. The van der Waals surface area contributed by atoms with Crippen LogP contribution in [-0.2, 0) is 10.2 Å². The average molecular weight is 353 g/mol. The van der Waals surface area contributed by atoms with Gasteiger partial charge >= 0.3 is 0 Å². The molecule has 3 aromatic rings. The zero-order valence-corrected chi connectivity index (χ0v) is 15.7. The minimum atomic E-state index is -0.820. The molecule has 2 heteroatoms. The summed E-state index contributed by atoms with van der Waals surface area (Å²) < 4.78 is 0. The number of rotatable bonds is 4. The number of carbonyl (C=O) groups is 1. The third-order valence-electron chi connectivity index (χ3n) is 5.76. The van der Waals surface area contributed by atoms with Gasteiger partial charge in [0.2, 0.25) is 5.91 Å². The normalized spacial score (nSPS) is 19.6. The van der Waals surface area contributed by atoms with Crippen molar-refractivity contribution in [2.24, 2.45) is 0 Å². The molecule has 0 aliphatic carbocycles. The summed E-state index contributed by atoms with van der Waals surface area (Å²) in [6, 6.07) is 26.5. The van der Waals surface area contributed by atoms with E-state index in [1.807, 2.05) is 61.7 Å². The summed E-state index contributed by atoms with van der Waals surface area (Å²) in [6.45, 7) is 6.22. The molecule has 0 unspecified atom stereocenters. The van der Waals surface area contributed by atoms with Gasteiger partial charge in [0.05, 0.1) is 0 Å². The van der Waals surface area contributed by atoms with E-state index in [2.05, 4.69) is 43.8 Å². The highest BCUT2D eigenvalue weighted by atomic mass is 16.2. The lowest BCUT2D eigenvalue weighted by Gasteiger charge is -2.37. The number of aryl methyl sites for hydroxylation is 1. The second kappa shape index (κ2) is 6.55. The van der Waals surface area contributed by atoms with Crippen LogP contribution < -0.4 is 4.90 Å². The van der Waals surface area contributed by atoms with E-state index in [1.54, 1.807) is 4.90 Å². The number of allylic oxidation sites excluding steroid dienone is 1. The fraction of sp³-hybridized carbons (Fsp3) is 0.160. The van der Waals surface area contributed by atoms with Gasteiger partial charge in [-0.15, -0.1) is 6.58 Å². The van der Waals surface area contributed by atoms with Crippen molar-refractivity contribution in [2.45, 2.75) is 18.3 Å². The Balaban J connectivity index is 2.11. The Morgan fingerprint density at radius 2 is 1.48 bits per heavy atom. The first-order chi connectivity index (χ1) is 13.1. The van der Waals surface area contributed by atoms with Gasteiger partial charge in [-0.05, 0) is 35.2 Å². The number of benzene rings is 3. The van der Waals surface area contributed by atoms with Crippen LogP contribution in [0, 0.1) is 6.92 Å². The summed E-state index contributed by atoms with van der Waals surface area (Å²) in [4.78, 5) is 15.7. The number of hydrogen-bond donors (Lipinski definition) is 0. The van der Waals surface area contributed by atoms with E-state index in [-0.39, 0.29) is 11.8 Å². The third-order valence-corrected chi connectivity index (χ3v) is 5.76. The van der Waals surface area contributed by atoms with Crippen LogP contribution in [0.3, 0.4) is 0 Å². The molecule has 2 atom stereocenters. The lowest BCUT2D eigenvalue weighted by Crippen LogP contribution is -2.44. The molecular formula is C25H23NO. The van der Waals surface area contributed by atoms with Crippen molar-refractivity contribution in [1.82, 2.24) is 0 Å². The van der Waals surface area contributed by atoms with Gasteiger partial charge in [-0.1, -0.05) is 78.9 Å². The SMILES string of the molecule is C=C[C@@H](c1ccccc1)[C@]1(c2ccccc2C)C(=O)N(C)c2ccccc21. The number of carbonyl (C=O) groups excluding carboxylic acids is 1. The maximum atomic E-state index is 13.9. The van der Waals surface area contributed by atoms with Crippen LogP contribution >= 0.6 is 0 Å². The monoisotopic (exact) mass is 353 g/mol. The molecule has 0 radical (unpaired) electrons. The molecule has 27 heavy (non-hydrogen) atoms. The second-order valence-electron chi connectivity index (χ2n) is 7.13. The summed E-state index contributed by atoms with van der Waals surface area (Å²) in [5.74, 6) is -0.0786. The van der Waals surface area contributed by atoms with Crippen molar-refractivity contribution in [3.8, 4) is 0 Å². The van der Waals surface area contributed by atoms with Crippen LogP contribution in [-0.4, -0.2) is 13.0 Å². The Kier molecular flexibility index (Phi) is 4.19. The number of anilines is 1. The molecular weight excluding hydrogens is 330 g/mol. The van der Waals surface area contributed by atoms with Crippen LogP contribution in [0.15, 0.2) is 91.5 Å². The van der Waals surface area contributed by atoms with Crippen molar-refractivity contribution in [3.05, 3.63) is 114 Å². The molecule has 1 aliphatic rings. The zero-order chi connectivity index (χ0) is 19.0. The van der Waals surface area contributed by atoms with E-state index in [1.165, 1.54) is 0 Å². The Morgan fingerprint density at radius 3 is 2.15 bits per heavy atom. The van der Waals surface area contributed by atoms with Crippen LogP contribution in [0.5, 0.6) is 0 Å². The number of para-hydroxylation sites is 1. The van der Waals surface area contributed by atoms with E-state index in [0.29, 0.717) is 0 Å². The summed E-state index contributed by atoms with van der Waals surface area (Å²) in [6.07, 6.45) is 1.93. The molecule has 0 saturated heterocycles. The molecule has 2 nitrogen and oxygen atoms in total. The summed E-state index contributed by atoms with van der Waals surface area (Å²) in [7, 11) is 1.87. The van der Waals surface area contributed by atoms with Crippen molar-refractivity contribution in [3.63, 3.8) is 0 Å². The van der Waals surface area contributed by atoms with Gasteiger partial charge in [0.1, 0.15) is 5.41 Å². The molecule has 1 aliphatic heterocycles. The predicted molar refractivity (Wildman–Crippen MR) is 111 cm³/mol. The number of nitrogens with zero attached hydrogens (tertiary/aromatic N) is 1. The number of hydrogen-bond acceptors (Lipinski definition) is 1. The molecule has 134 valence electrons. The summed E-state index contributed by atoms with van der Waals surface area (Å²) in [5, 5.41) is 0. The first kappa shape index (κ1) is 17.3. The summed E-state index contributed by atoms with van der Waals surface area (Å²) in [5.41, 5.74) is 4.43. The van der Waals surface area contributed by atoms with Crippen LogP contribution in [0.4, 0.5) is 5.69 Å². The Labute approximate surface area is 160 Å². The fourth-order valence-corrected chi connectivity index (χ4v) is 4.56. The quantitative estimate of drug-likeness (QED) is 0.588. The smallest absolute Gasteiger partial charge is 0.242 e.